The predicted octanol–water partition coefficient (Wildman–Crippen LogP) is 11.2. The normalized spacial score (nSPS) is 10.2. The van der Waals surface area contributed by atoms with E-state index in [1.165, 1.54) is 0 Å². The van der Waals surface area contributed by atoms with E-state index >= 15 is 0 Å². The first-order valence-corrected chi connectivity index (χ1v) is 31.3. The van der Waals surface area contributed by atoms with Gasteiger partial charge >= 0.3 is 224 Å². The van der Waals surface area contributed by atoms with Gasteiger partial charge in [0.25, 0.3) is 5.91 Å². The van der Waals surface area contributed by atoms with Gasteiger partial charge in [0, 0.05) is 44.3 Å². The number of amidine groups is 2. The molecule has 0 aliphatic carbocycles. The van der Waals surface area contributed by atoms with Crippen LogP contribution in [0.3, 0.4) is 0 Å². The van der Waals surface area contributed by atoms with E-state index in [2.05, 4.69) is 111 Å². The average molecular weight is 1660 g/mol. The minimum absolute atomic E-state index is 0. The summed E-state index contributed by atoms with van der Waals surface area (Å²) < 4.78 is 15.0. The number of nitrogens with zero attached hydrogens (tertiary/aromatic N) is 4. The van der Waals surface area contributed by atoms with Crippen LogP contribution >= 0.6 is 113 Å². The minimum atomic E-state index is -0.246. The molecule has 2 heterocycles. The Morgan fingerprint density at radius 3 is 1.45 bits per heavy atom. The molecule has 0 unspecified atom stereocenters. The number of nitrogens with two attached hydrogens (primary N) is 3. The van der Waals surface area contributed by atoms with E-state index in [4.69, 9.17) is 70.7 Å². The van der Waals surface area contributed by atoms with Crippen LogP contribution in [-0.2, 0) is 54.2 Å². The Balaban J connectivity index is 0.00000107. The summed E-state index contributed by atoms with van der Waals surface area (Å²) in [6.07, 6.45) is 0. The number of nitrogens with one attached hydrogen (secondary N) is 4. The third kappa shape index (κ3) is 30.3. The topological polar surface area (TPSA) is 341 Å². The fourth-order valence-corrected chi connectivity index (χ4v) is 10.0. The molecule has 2 aliphatic heterocycles. The number of nitriles is 3. The molecule has 2 radical (unpaired) electrons. The second kappa shape index (κ2) is 46.8. The van der Waals surface area contributed by atoms with Crippen molar-refractivity contribution in [3.63, 3.8) is 0 Å². The molecule has 0 fully saturated rings. The number of carbonyl (C=O) groups excluding carboxylic acids is 4. The number of thiol groups is 1. The van der Waals surface area contributed by atoms with Crippen molar-refractivity contribution in [2.24, 2.45) is 21.5 Å². The first-order valence-electron chi connectivity index (χ1n) is 24.5. The Morgan fingerprint density at radius 1 is 0.670 bits per heavy atom. The third-order valence-corrected chi connectivity index (χ3v) is 14.7. The van der Waals surface area contributed by atoms with Crippen molar-refractivity contribution in [3.8, 4) is 18.2 Å². The van der Waals surface area contributed by atoms with Crippen LogP contribution in [-0.4, -0.2) is 82.3 Å². The van der Waals surface area contributed by atoms with Crippen LogP contribution in [0.2, 0.25) is 0 Å². The molecule has 0 saturated heterocycles. The summed E-state index contributed by atoms with van der Waals surface area (Å²) in [5, 5.41) is 55.4. The summed E-state index contributed by atoms with van der Waals surface area (Å²) in [4.78, 5) is 46.5. The van der Waals surface area contributed by atoms with Gasteiger partial charge in [0.2, 0.25) is 0 Å². The van der Waals surface area contributed by atoms with E-state index in [1.54, 1.807) is 84.9 Å². The zero-order valence-electron chi connectivity index (χ0n) is 46.1. The van der Waals surface area contributed by atoms with Gasteiger partial charge in [-0.25, -0.2) is 9.59 Å². The average Bonchev–Trinajstić information content (AvgIpc) is 4.29. The van der Waals surface area contributed by atoms with E-state index < -0.39 is 0 Å². The number of rotatable bonds is 11. The summed E-state index contributed by atoms with van der Waals surface area (Å²) in [5.74, 6) is -0.836. The van der Waals surface area contributed by atoms with E-state index in [0.29, 0.717) is 87.1 Å². The van der Waals surface area contributed by atoms with Gasteiger partial charge in [0.05, 0.1) is 46.3 Å². The van der Waals surface area contributed by atoms with E-state index in [9.17, 15) is 24.3 Å². The molecular formula is C59H55BBr4Cl3N11O7SSe2. The first-order chi connectivity index (χ1) is 41.2. The van der Waals surface area contributed by atoms with Gasteiger partial charge in [-0.2, -0.15) is 10.5 Å². The molecule has 7 aromatic rings. The van der Waals surface area contributed by atoms with Crippen molar-refractivity contribution in [3.05, 3.63) is 243 Å². The van der Waals surface area contributed by atoms with Crippen LogP contribution < -0.4 is 27.8 Å². The van der Waals surface area contributed by atoms with Gasteiger partial charge in [0.15, 0.2) is 0 Å². The standard InChI is InChI=1S/C17H15BrN4OSe.C16H13BrN2O2.C8H5BrO2.C8H8N2.C8H6O2.CH2Cl2.CH3N2Se.BHNS.BrH.ClH/c18-15-3-1-2-13(14(15)10-24-17(20)21)16(23)22-9-12-6-4-11(8-19)5-7-12;17-15-3-1-2-13(14(15)10-20)16(21)19-9-12-6-4-11(8-18)5-7-12;9-7-3-1-2-5-6(7)4-11-8(5)10;9-5-7-1-2-8(6-10)4-3-7;9-8-7-4-2-1-3-6(7)5-10-8;2-1-3;2-1(3)4;1-2-3;;/h1-7H,9-10H2,(H3,20,21)(H,22,23);1-7,20H,9-10H2,(H,19,21);1-3H,4H2;1-4H,5,9H2;1-4H,5H2;1H2;(H3,2,3);3H;2*1H. The molecule has 88 heavy (non-hydrogen) atoms. The van der Waals surface area contributed by atoms with Crippen LogP contribution in [0.15, 0.2) is 169 Å². The van der Waals surface area contributed by atoms with Crippen LogP contribution in [0, 0.1) is 44.8 Å². The molecule has 0 saturated carbocycles. The number of alkyl halides is 2. The number of aliphatic hydroxyl groups is 1. The van der Waals surface area contributed by atoms with Crippen molar-refractivity contribution in [2.45, 2.75) is 44.8 Å². The SMILES string of the molecule is Br.Cl.ClCCl.N#Cc1ccc(CN)cc1.N#Cc1ccc(CNC(=O)c2cccc(Br)c2CO)cc1.N#Cc1ccc(CNC(=O)c2cccc(Br)c2C[Se]C(=N)N)cc1.N=C(N)[Se].O=C1OCc2c(Br)cccc21.O=C1OCc2ccccc21.[B]=NS. The summed E-state index contributed by atoms with van der Waals surface area (Å²) in [5.41, 5.74) is 26.0. The summed E-state index contributed by atoms with van der Waals surface area (Å²) in [6, 6.07) is 51.1. The predicted molar refractivity (Wildman–Crippen MR) is 367 cm³/mol. The molecule has 0 spiro atoms. The van der Waals surface area contributed by atoms with Crippen molar-refractivity contribution in [1.82, 2.24) is 10.6 Å². The number of halogens is 7. The van der Waals surface area contributed by atoms with Gasteiger partial charge in [-0.05, 0) is 65.7 Å². The van der Waals surface area contributed by atoms with Crippen molar-refractivity contribution >= 4 is 185 Å². The van der Waals surface area contributed by atoms with Crippen molar-refractivity contribution in [1.29, 1.82) is 26.6 Å². The molecule has 11 N–H and O–H groups in total. The molecule has 29 heteroatoms. The Kier molecular flexibility index (Phi) is 43.5. The number of ether oxygens (including phenoxy) is 2. The van der Waals surface area contributed by atoms with Gasteiger partial charge < -0.3 is 25.6 Å². The Morgan fingerprint density at radius 2 is 1.05 bits per heavy atom. The number of hydrogen-bond acceptors (Lipinski definition) is 15. The summed E-state index contributed by atoms with van der Waals surface area (Å²) in [7, 11) is 4.34. The number of fused-ring (bicyclic) bond motifs is 2. The third-order valence-electron chi connectivity index (χ3n) is 10.9. The number of carbonyl (C=O) groups is 4. The number of benzene rings is 7. The van der Waals surface area contributed by atoms with Crippen LogP contribution in [0.1, 0.15) is 97.1 Å². The molecule has 9 rings (SSSR count). The van der Waals surface area contributed by atoms with Crippen LogP contribution in [0.5, 0.6) is 0 Å². The number of cyclic esters (lactones) is 2. The van der Waals surface area contributed by atoms with E-state index in [0.717, 1.165) is 42.3 Å². The number of aliphatic hydroxyl groups excluding tert-OH is 1. The summed E-state index contributed by atoms with van der Waals surface area (Å²) >= 11 is 24.9. The molecule has 18 nitrogen and oxygen atoms in total. The fourth-order valence-electron chi connectivity index (χ4n) is 6.84. The number of amides is 2. The molecule has 2 amide bonds. The second-order valence-corrected chi connectivity index (χ2v) is 23.2. The second-order valence-electron chi connectivity index (χ2n) is 16.5. The molecule has 0 bridgehead atoms. The van der Waals surface area contributed by atoms with Gasteiger partial charge in [-0.15, -0.1) is 52.6 Å². The zero-order valence-corrected chi connectivity index (χ0v) is 59.2. The molecular weight excluding hydrogens is 1600 g/mol. The van der Waals surface area contributed by atoms with Crippen molar-refractivity contribution in [2.75, 3.05) is 5.34 Å². The fraction of sp³-hybridized carbons (Fsp3) is 0.136. The molecule has 7 aromatic carbocycles. The molecule has 2 aliphatic rings. The van der Waals surface area contributed by atoms with Gasteiger partial charge in [0.1, 0.15) is 13.2 Å². The maximum atomic E-state index is 12.5. The van der Waals surface area contributed by atoms with Gasteiger partial charge in [-0.1, -0.05) is 86.5 Å². The maximum absolute atomic E-state index is 12.5. The van der Waals surface area contributed by atoms with Crippen LogP contribution in [0.4, 0.5) is 0 Å². The summed E-state index contributed by atoms with van der Waals surface area (Å²) in [6.45, 7) is 1.91. The monoisotopic (exact) mass is 1650 g/mol. The first kappa shape index (κ1) is 81.8. The zero-order chi connectivity index (χ0) is 64.0. The molecule has 0 atom stereocenters. The molecule has 458 valence electrons. The van der Waals surface area contributed by atoms with E-state index in [1.807, 2.05) is 78.9 Å². The quantitative estimate of drug-likeness (QED) is 0.0145. The number of esters is 2. The molecule has 0 aromatic heterocycles. The van der Waals surface area contributed by atoms with E-state index in [-0.39, 0.29) is 89.5 Å². The Labute approximate surface area is 583 Å². The Hall–Kier alpha value is -6.21. The number of hydrogen-bond donors (Lipinski definition) is 9. The Bertz CT molecular complexity index is 3550. The van der Waals surface area contributed by atoms with Gasteiger partial charge in [-0.3, -0.25) is 4.79 Å². The van der Waals surface area contributed by atoms with Crippen molar-refractivity contribution < 1.29 is 33.8 Å². The van der Waals surface area contributed by atoms with Crippen LogP contribution in [0.25, 0.3) is 0 Å².